The molecule has 92 valence electrons. The summed E-state index contributed by atoms with van der Waals surface area (Å²) in [6.45, 7) is 1.85. The number of amides is 1. The average molecular weight is 242 g/mol. The Hall–Kier alpha value is -2.56. The Morgan fingerprint density at radius 1 is 1.17 bits per heavy atom. The molecule has 2 rings (SSSR count). The molecule has 0 saturated heterocycles. The van der Waals surface area contributed by atoms with Crippen LogP contribution in [0.4, 0.5) is 17.2 Å². The molecule has 0 unspecified atom stereocenters. The highest BCUT2D eigenvalue weighted by Gasteiger charge is 2.09. The zero-order valence-corrected chi connectivity index (χ0v) is 9.97. The number of aryl methyl sites for hydroxylation is 1. The number of rotatable bonds is 3. The van der Waals surface area contributed by atoms with E-state index < -0.39 is 5.91 Å². The fraction of sp³-hybridized carbons (Fsp3) is 0.0769. The van der Waals surface area contributed by atoms with Crippen molar-refractivity contribution >= 4 is 23.1 Å². The van der Waals surface area contributed by atoms with E-state index in [2.05, 4.69) is 10.3 Å². The normalized spacial score (nSPS) is 10.1. The van der Waals surface area contributed by atoms with Gasteiger partial charge in [-0.15, -0.1) is 0 Å². The number of anilines is 3. The number of aromatic nitrogens is 1. The molecule has 0 bridgehead atoms. The number of nitrogens with one attached hydrogen (secondary N) is 1. The van der Waals surface area contributed by atoms with Gasteiger partial charge in [0.05, 0.1) is 5.56 Å². The summed E-state index contributed by atoms with van der Waals surface area (Å²) >= 11 is 0. The molecule has 0 aliphatic heterocycles. The van der Waals surface area contributed by atoms with Crippen molar-refractivity contribution in [1.82, 2.24) is 4.98 Å². The smallest absolute Gasteiger partial charge is 0.252 e. The third-order valence-electron chi connectivity index (χ3n) is 2.47. The van der Waals surface area contributed by atoms with E-state index in [9.17, 15) is 4.79 Å². The van der Waals surface area contributed by atoms with Crippen molar-refractivity contribution in [1.29, 1.82) is 0 Å². The summed E-state index contributed by atoms with van der Waals surface area (Å²) in [7, 11) is 0. The number of primary amides is 1. The van der Waals surface area contributed by atoms with Crippen LogP contribution in [0.2, 0.25) is 0 Å². The molecule has 1 aromatic carbocycles. The highest BCUT2D eigenvalue weighted by Crippen LogP contribution is 2.20. The molecule has 0 aliphatic carbocycles. The third kappa shape index (κ3) is 2.57. The third-order valence-corrected chi connectivity index (χ3v) is 2.47. The van der Waals surface area contributed by atoms with Crippen LogP contribution in [0.5, 0.6) is 0 Å². The fourth-order valence-corrected chi connectivity index (χ4v) is 1.55. The van der Waals surface area contributed by atoms with E-state index in [4.69, 9.17) is 11.5 Å². The van der Waals surface area contributed by atoms with E-state index >= 15 is 0 Å². The van der Waals surface area contributed by atoms with Gasteiger partial charge >= 0.3 is 0 Å². The van der Waals surface area contributed by atoms with Gasteiger partial charge in [0.15, 0.2) is 0 Å². The molecular formula is C13H14N4O. The number of nitrogens with zero attached hydrogens (tertiary/aromatic N) is 1. The van der Waals surface area contributed by atoms with E-state index in [1.54, 1.807) is 24.3 Å². The van der Waals surface area contributed by atoms with Crippen molar-refractivity contribution < 1.29 is 4.79 Å². The highest BCUT2D eigenvalue weighted by molar-refractivity contribution is 5.98. The standard InChI is InChI=1S/C13H14N4O/c1-8-2-7-11(12(15)18)13(16-8)17-10-5-3-9(14)4-6-10/h2-7H,14H2,1H3,(H2,15,18)(H,16,17). The van der Waals surface area contributed by atoms with Crippen LogP contribution >= 0.6 is 0 Å². The molecule has 0 spiro atoms. The number of pyridine rings is 1. The molecule has 1 amide bonds. The predicted octanol–water partition coefficient (Wildman–Crippen LogP) is 1.81. The molecule has 0 saturated carbocycles. The van der Waals surface area contributed by atoms with Crippen LogP contribution in [0.1, 0.15) is 16.1 Å². The molecule has 2 aromatic rings. The van der Waals surface area contributed by atoms with Gasteiger partial charge in [-0.1, -0.05) is 0 Å². The monoisotopic (exact) mass is 242 g/mol. The fourth-order valence-electron chi connectivity index (χ4n) is 1.55. The molecule has 5 N–H and O–H groups in total. The maximum atomic E-state index is 11.3. The average Bonchev–Trinajstić information content (AvgIpc) is 2.32. The van der Waals surface area contributed by atoms with Gasteiger partial charge in [0.25, 0.3) is 5.91 Å². The lowest BCUT2D eigenvalue weighted by Gasteiger charge is -2.10. The van der Waals surface area contributed by atoms with Crippen molar-refractivity contribution in [2.24, 2.45) is 5.73 Å². The van der Waals surface area contributed by atoms with Gasteiger partial charge in [-0.3, -0.25) is 4.79 Å². The predicted molar refractivity (Wildman–Crippen MR) is 71.6 cm³/mol. The summed E-state index contributed by atoms with van der Waals surface area (Å²) in [4.78, 5) is 15.6. The largest absolute Gasteiger partial charge is 0.399 e. The van der Waals surface area contributed by atoms with Crippen LogP contribution in [0.25, 0.3) is 0 Å². The van der Waals surface area contributed by atoms with E-state index in [0.29, 0.717) is 17.1 Å². The first-order chi connectivity index (χ1) is 8.56. The second kappa shape index (κ2) is 4.75. The molecule has 1 aromatic heterocycles. The van der Waals surface area contributed by atoms with Crippen LogP contribution in [0.15, 0.2) is 36.4 Å². The number of benzene rings is 1. The van der Waals surface area contributed by atoms with E-state index in [-0.39, 0.29) is 0 Å². The van der Waals surface area contributed by atoms with Crippen molar-refractivity contribution in [3.8, 4) is 0 Å². The lowest BCUT2D eigenvalue weighted by molar-refractivity contribution is 0.100. The van der Waals surface area contributed by atoms with Crippen molar-refractivity contribution in [3.05, 3.63) is 47.7 Å². The van der Waals surface area contributed by atoms with Crippen molar-refractivity contribution in [2.45, 2.75) is 6.92 Å². The van der Waals surface area contributed by atoms with Gasteiger partial charge in [0.2, 0.25) is 0 Å². The van der Waals surface area contributed by atoms with Crippen molar-refractivity contribution in [2.75, 3.05) is 11.1 Å². The molecule has 18 heavy (non-hydrogen) atoms. The second-order valence-electron chi connectivity index (χ2n) is 3.96. The molecular weight excluding hydrogens is 228 g/mol. The van der Waals surface area contributed by atoms with Crippen LogP contribution < -0.4 is 16.8 Å². The zero-order chi connectivity index (χ0) is 13.1. The Morgan fingerprint density at radius 3 is 2.44 bits per heavy atom. The first-order valence-electron chi connectivity index (χ1n) is 5.46. The minimum atomic E-state index is -0.513. The Bertz CT molecular complexity index is 578. The van der Waals surface area contributed by atoms with Crippen molar-refractivity contribution in [3.63, 3.8) is 0 Å². The zero-order valence-electron chi connectivity index (χ0n) is 9.97. The molecule has 0 radical (unpaired) electrons. The second-order valence-corrected chi connectivity index (χ2v) is 3.96. The number of hydrogen-bond acceptors (Lipinski definition) is 4. The van der Waals surface area contributed by atoms with Crippen LogP contribution in [-0.4, -0.2) is 10.9 Å². The maximum absolute atomic E-state index is 11.3. The van der Waals surface area contributed by atoms with Gasteiger partial charge in [-0.05, 0) is 43.3 Å². The first kappa shape index (κ1) is 11.9. The number of hydrogen-bond donors (Lipinski definition) is 3. The number of carbonyl (C=O) groups excluding carboxylic acids is 1. The van der Waals surface area contributed by atoms with Crippen LogP contribution in [0.3, 0.4) is 0 Å². The van der Waals surface area contributed by atoms with Crippen LogP contribution in [-0.2, 0) is 0 Å². The highest BCUT2D eigenvalue weighted by atomic mass is 16.1. The first-order valence-corrected chi connectivity index (χ1v) is 5.46. The van der Waals surface area contributed by atoms with Gasteiger partial charge in [-0.2, -0.15) is 0 Å². The summed E-state index contributed by atoms with van der Waals surface area (Å²) in [6.07, 6.45) is 0. The summed E-state index contributed by atoms with van der Waals surface area (Å²) in [5.41, 5.74) is 13.5. The Labute approximate surface area is 105 Å². The lowest BCUT2D eigenvalue weighted by Crippen LogP contribution is -2.14. The summed E-state index contributed by atoms with van der Waals surface area (Å²) < 4.78 is 0. The van der Waals surface area contributed by atoms with E-state index in [1.807, 2.05) is 19.1 Å². The number of nitrogens with two attached hydrogens (primary N) is 2. The van der Waals surface area contributed by atoms with Gasteiger partial charge < -0.3 is 16.8 Å². The van der Waals surface area contributed by atoms with Gasteiger partial charge in [0, 0.05) is 17.1 Å². The molecule has 0 fully saturated rings. The van der Waals surface area contributed by atoms with Gasteiger partial charge in [-0.25, -0.2) is 4.98 Å². The maximum Gasteiger partial charge on any atom is 0.252 e. The van der Waals surface area contributed by atoms with E-state index in [1.165, 1.54) is 0 Å². The summed E-state index contributed by atoms with van der Waals surface area (Å²) in [5.74, 6) is -0.0623. The minimum Gasteiger partial charge on any atom is -0.399 e. The molecule has 0 atom stereocenters. The molecule has 1 heterocycles. The quantitative estimate of drug-likeness (QED) is 0.715. The topological polar surface area (TPSA) is 94.0 Å². The Kier molecular flexibility index (Phi) is 3.14. The summed E-state index contributed by atoms with van der Waals surface area (Å²) in [6, 6.07) is 10.6. The van der Waals surface area contributed by atoms with Gasteiger partial charge in [0.1, 0.15) is 5.82 Å². The Balaban J connectivity index is 2.35. The SMILES string of the molecule is Cc1ccc(C(N)=O)c(Nc2ccc(N)cc2)n1. The lowest BCUT2D eigenvalue weighted by atomic mass is 10.2. The number of nitrogen functional groups attached to an aromatic ring is 1. The summed E-state index contributed by atoms with van der Waals surface area (Å²) in [5, 5.41) is 3.05. The molecule has 5 heteroatoms. The molecule has 5 nitrogen and oxygen atoms in total. The minimum absolute atomic E-state index is 0.359. The number of carbonyl (C=O) groups is 1. The molecule has 0 aliphatic rings. The van der Waals surface area contributed by atoms with Crippen LogP contribution in [0, 0.1) is 6.92 Å². The van der Waals surface area contributed by atoms with E-state index in [0.717, 1.165) is 11.4 Å². The Morgan fingerprint density at radius 2 is 1.83 bits per heavy atom.